The fourth-order valence-corrected chi connectivity index (χ4v) is 2.06. The molecule has 0 radical (unpaired) electrons. The van der Waals surface area contributed by atoms with Crippen molar-refractivity contribution in [3.05, 3.63) is 41.4 Å². The summed E-state index contributed by atoms with van der Waals surface area (Å²) in [6.07, 6.45) is 0.414. The van der Waals surface area contributed by atoms with Crippen molar-refractivity contribution >= 4 is 17.4 Å². The average molecular weight is 265 g/mol. The summed E-state index contributed by atoms with van der Waals surface area (Å²) in [5.74, 6) is -2.37. The molecular weight excluding hydrogens is 253 g/mol. The minimum atomic E-state index is -2.08. The van der Waals surface area contributed by atoms with Crippen molar-refractivity contribution < 1.29 is 24.2 Å². The summed E-state index contributed by atoms with van der Waals surface area (Å²) in [7, 11) is 0. The number of fused-ring (bicyclic) bond motifs is 1. The van der Waals surface area contributed by atoms with Gasteiger partial charge in [-0.1, -0.05) is 12.1 Å². The van der Waals surface area contributed by atoms with Gasteiger partial charge in [0, 0.05) is 18.1 Å². The van der Waals surface area contributed by atoms with Gasteiger partial charge in [-0.15, -0.1) is 0 Å². The zero-order valence-electron chi connectivity index (χ0n) is 10.1. The average Bonchev–Trinajstić information content (AvgIpc) is 2.53. The SMILES string of the molecule is CC(=O)/C=C(\O)C[C@]1(O)C(=O)Nc2c(F)cccc21. The van der Waals surface area contributed by atoms with Gasteiger partial charge >= 0.3 is 0 Å². The first-order valence-electron chi connectivity index (χ1n) is 5.57. The van der Waals surface area contributed by atoms with Gasteiger partial charge in [0.25, 0.3) is 5.91 Å². The van der Waals surface area contributed by atoms with Crippen LogP contribution in [0.2, 0.25) is 0 Å². The van der Waals surface area contributed by atoms with E-state index < -0.39 is 35.3 Å². The van der Waals surface area contributed by atoms with Crippen LogP contribution in [0.1, 0.15) is 18.9 Å². The van der Waals surface area contributed by atoms with Crippen LogP contribution in [0.25, 0.3) is 0 Å². The largest absolute Gasteiger partial charge is 0.512 e. The maximum atomic E-state index is 13.5. The number of allylic oxidation sites excluding steroid dienone is 1. The lowest BCUT2D eigenvalue weighted by Gasteiger charge is -2.20. The van der Waals surface area contributed by atoms with Crippen LogP contribution in [0.4, 0.5) is 10.1 Å². The number of hydrogen-bond donors (Lipinski definition) is 3. The van der Waals surface area contributed by atoms with Crippen LogP contribution in [-0.2, 0) is 15.2 Å². The van der Waals surface area contributed by atoms with Gasteiger partial charge in [0.1, 0.15) is 5.82 Å². The normalized spacial score (nSPS) is 22.1. The number of hydrogen-bond acceptors (Lipinski definition) is 4. The van der Waals surface area contributed by atoms with Crippen LogP contribution in [0.15, 0.2) is 30.0 Å². The molecule has 1 aromatic carbocycles. The van der Waals surface area contributed by atoms with E-state index in [1.807, 2.05) is 0 Å². The maximum absolute atomic E-state index is 13.5. The molecule has 2 rings (SSSR count). The third kappa shape index (κ3) is 2.22. The van der Waals surface area contributed by atoms with E-state index in [1.165, 1.54) is 19.1 Å². The minimum Gasteiger partial charge on any atom is -0.512 e. The Bertz CT molecular complexity index is 596. The molecule has 1 atom stereocenters. The Morgan fingerprint density at radius 3 is 2.84 bits per heavy atom. The number of nitrogens with one attached hydrogen (secondary N) is 1. The second-order valence-electron chi connectivity index (χ2n) is 4.40. The number of ketones is 1. The predicted molar refractivity (Wildman–Crippen MR) is 64.9 cm³/mol. The number of halogens is 1. The van der Waals surface area contributed by atoms with Crippen LogP contribution in [0, 0.1) is 5.82 Å². The highest BCUT2D eigenvalue weighted by molar-refractivity contribution is 6.05. The molecule has 5 nitrogen and oxygen atoms in total. The van der Waals surface area contributed by atoms with Crippen molar-refractivity contribution in [2.24, 2.45) is 0 Å². The van der Waals surface area contributed by atoms with Crippen LogP contribution < -0.4 is 5.32 Å². The number of amides is 1. The topological polar surface area (TPSA) is 86.6 Å². The van der Waals surface area contributed by atoms with Gasteiger partial charge in [-0.3, -0.25) is 9.59 Å². The van der Waals surface area contributed by atoms with E-state index in [2.05, 4.69) is 5.32 Å². The molecule has 1 aromatic rings. The highest BCUT2D eigenvalue weighted by Crippen LogP contribution is 2.40. The summed E-state index contributed by atoms with van der Waals surface area (Å²) < 4.78 is 13.5. The van der Waals surface area contributed by atoms with Crippen molar-refractivity contribution in [1.82, 2.24) is 0 Å². The first-order valence-corrected chi connectivity index (χ1v) is 5.57. The monoisotopic (exact) mass is 265 g/mol. The van der Waals surface area contributed by atoms with E-state index >= 15 is 0 Å². The third-order valence-electron chi connectivity index (χ3n) is 2.88. The Balaban J connectivity index is 2.43. The molecule has 0 saturated heterocycles. The molecule has 1 aliphatic heterocycles. The second kappa shape index (κ2) is 4.47. The minimum absolute atomic E-state index is 0.0426. The molecule has 19 heavy (non-hydrogen) atoms. The van der Waals surface area contributed by atoms with Crippen LogP contribution in [-0.4, -0.2) is 21.9 Å². The summed E-state index contributed by atoms with van der Waals surface area (Å²) in [5.41, 5.74) is -2.14. The van der Waals surface area contributed by atoms with Gasteiger partial charge in [0.2, 0.25) is 0 Å². The summed E-state index contributed by atoms with van der Waals surface area (Å²) in [5, 5.41) is 22.1. The van der Waals surface area contributed by atoms with Gasteiger partial charge in [-0.05, 0) is 13.0 Å². The van der Waals surface area contributed by atoms with E-state index in [9.17, 15) is 24.2 Å². The quantitative estimate of drug-likeness (QED) is 0.569. The predicted octanol–water partition coefficient (Wildman–Crippen LogP) is 1.39. The number of para-hydroxylation sites is 1. The number of aliphatic hydroxyl groups is 2. The van der Waals surface area contributed by atoms with E-state index in [0.29, 0.717) is 0 Å². The molecule has 6 heteroatoms. The smallest absolute Gasteiger partial charge is 0.261 e. The van der Waals surface area contributed by atoms with Gasteiger partial charge in [0.05, 0.1) is 11.4 Å². The second-order valence-corrected chi connectivity index (χ2v) is 4.40. The lowest BCUT2D eigenvalue weighted by molar-refractivity contribution is -0.134. The molecule has 0 fully saturated rings. The molecular formula is C13H12FNO4. The molecule has 0 saturated carbocycles. The molecule has 3 N–H and O–H groups in total. The fourth-order valence-electron chi connectivity index (χ4n) is 2.06. The number of carbonyl (C=O) groups excluding carboxylic acids is 2. The van der Waals surface area contributed by atoms with Crippen LogP contribution >= 0.6 is 0 Å². The summed E-state index contributed by atoms with van der Waals surface area (Å²) >= 11 is 0. The Hall–Kier alpha value is -2.21. The Labute approximate surface area is 108 Å². The lowest BCUT2D eigenvalue weighted by Crippen LogP contribution is -2.34. The van der Waals surface area contributed by atoms with E-state index in [-0.39, 0.29) is 11.3 Å². The zero-order valence-corrected chi connectivity index (χ0v) is 10.1. The molecule has 0 aromatic heterocycles. The number of aliphatic hydroxyl groups excluding tert-OH is 1. The Morgan fingerprint density at radius 2 is 2.21 bits per heavy atom. The fraction of sp³-hybridized carbons (Fsp3) is 0.231. The summed E-state index contributed by atoms with van der Waals surface area (Å²) in [4.78, 5) is 22.6. The number of anilines is 1. The summed E-state index contributed by atoms with van der Waals surface area (Å²) in [6.45, 7) is 1.22. The zero-order chi connectivity index (χ0) is 14.2. The van der Waals surface area contributed by atoms with Gasteiger partial charge in [-0.2, -0.15) is 0 Å². The molecule has 0 aliphatic carbocycles. The van der Waals surface area contributed by atoms with Crippen molar-refractivity contribution in [1.29, 1.82) is 0 Å². The molecule has 100 valence electrons. The lowest BCUT2D eigenvalue weighted by atomic mass is 9.90. The highest BCUT2D eigenvalue weighted by Gasteiger charge is 2.46. The van der Waals surface area contributed by atoms with Crippen LogP contribution in [0.3, 0.4) is 0 Å². The van der Waals surface area contributed by atoms with E-state index in [0.717, 1.165) is 12.1 Å². The number of carbonyl (C=O) groups is 2. The van der Waals surface area contributed by atoms with Crippen molar-refractivity contribution in [3.63, 3.8) is 0 Å². The van der Waals surface area contributed by atoms with Crippen molar-refractivity contribution in [3.8, 4) is 0 Å². The Kier molecular flexibility index (Phi) is 3.11. The third-order valence-corrected chi connectivity index (χ3v) is 2.88. The first-order chi connectivity index (χ1) is 8.84. The van der Waals surface area contributed by atoms with Gasteiger partial charge < -0.3 is 15.5 Å². The van der Waals surface area contributed by atoms with Gasteiger partial charge in [-0.25, -0.2) is 4.39 Å². The Morgan fingerprint density at radius 1 is 1.53 bits per heavy atom. The molecule has 1 aliphatic rings. The molecule has 0 unspecified atom stereocenters. The number of benzene rings is 1. The molecule has 1 amide bonds. The highest BCUT2D eigenvalue weighted by atomic mass is 19.1. The first kappa shape index (κ1) is 13.2. The van der Waals surface area contributed by atoms with Crippen molar-refractivity contribution in [2.75, 3.05) is 5.32 Å². The standard InChI is InChI=1S/C13H12FNO4/c1-7(16)5-8(17)6-13(19)9-3-2-4-10(14)11(9)15-12(13)18/h2-5,17,19H,6H2,1H3,(H,15,18)/b8-5-/t13-/m1/s1. The number of rotatable bonds is 3. The van der Waals surface area contributed by atoms with E-state index in [1.54, 1.807) is 0 Å². The summed E-state index contributed by atoms with van der Waals surface area (Å²) in [6, 6.07) is 3.89. The molecule has 1 heterocycles. The molecule has 0 bridgehead atoms. The van der Waals surface area contributed by atoms with E-state index in [4.69, 9.17) is 0 Å². The molecule has 0 spiro atoms. The maximum Gasteiger partial charge on any atom is 0.261 e. The van der Waals surface area contributed by atoms with Crippen molar-refractivity contribution in [2.45, 2.75) is 18.9 Å². The van der Waals surface area contributed by atoms with Crippen LogP contribution in [0.5, 0.6) is 0 Å². The van der Waals surface area contributed by atoms with Gasteiger partial charge in [0.15, 0.2) is 11.4 Å².